The van der Waals surface area contributed by atoms with Crippen LogP contribution in [0.5, 0.6) is 0 Å². The summed E-state index contributed by atoms with van der Waals surface area (Å²) in [6, 6.07) is 4.96. The van der Waals surface area contributed by atoms with Gasteiger partial charge in [-0.25, -0.2) is 0 Å². The summed E-state index contributed by atoms with van der Waals surface area (Å²) in [5, 5.41) is 23.4. The van der Waals surface area contributed by atoms with Crippen molar-refractivity contribution in [2.75, 3.05) is 6.61 Å². The fraction of sp³-hybridized carbons (Fsp3) is 0.538. The summed E-state index contributed by atoms with van der Waals surface area (Å²) in [6.07, 6.45) is 0. The molecule has 0 heterocycles. The van der Waals surface area contributed by atoms with Gasteiger partial charge >= 0.3 is 0 Å². The largest absolute Gasteiger partial charge is 0.395 e. The van der Waals surface area contributed by atoms with Crippen molar-refractivity contribution in [2.24, 2.45) is 5.41 Å². The average Bonchev–Trinajstić information content (AvgIpc) is 2.29. The fourth-order valence-electron chi connectivity index (χ4n) is 1.69. The van der Waals surface area contributed by atoms with Crippen LogP contribution < -0.4 is 5.32 Å². The first-order chi connectivity index (χ1) is 8.75. The Labute approximate surface area is 121 Å². The third-order valence-electron chi connectivity index (χ3n) is 2.99. The smallest absolute Gasteiger partial charge is 0.283 e. The molecule has 0 fully saturated rings. The standard InChI is InChI=1S/C13H19BrN2O3/c1-13(2,3)12(8-17)15-7-9-4-5-10(14)11(6-9)16(18)19/h4-6,12,15,17H,7-8H2,1-3H3/t12-/m0/s1. The molecule has 0 saturated carbocycles. The second kappa shape index (κ2) is 6.45. The lowest BCUT2D eigenvalue weighted by molar-refractivity contribution is -0.385. The zero-order valence-corrected chi connectivity index (χ0v) is 12.9. The second-order valence-electron chi connectivity index (χ2n) is 5.52. The third kappa shape index (κ3) is 4.56. The molecule has 6 heteroatoms. The molecule has 19 heavy (non-hydrogen) atoms. The number of aliphatic hydroxyl groups excluding tert-OH is 1. The van der Waals surface area contributed by atoms with E-state index >= 15 is 0 Å². The molecule has 5 nitrogen and oxygen atoms in total. The van der Waals surface area contributed by atoms with E-state index in [4.69, 9.17) is 0 Å². The highest BCUT2D eigenvalue weighted by molar-refractivity contribution is 9.10. The van der Waals surface area contributed by atoms with Gasteiger partial charge in [0, 0.05) is 18.7 Å². The van der Waals surface area contributed by atoms with Crippen LogP contribution in [0.2, 0.25) is 0 Å². The third-order valence-corrected chi connectivity index (χ3v) is 3.66. The van der Waals surface area contributed by atoms with Crippen LogP contribution in [-0.2, 0) is 6.54 Å². The van der Waals surface area contributed by atoms with Gasteiger partial charge in [-0.2, -0.15) is 0 Å². The van der Waals surface area contributed by atoms with E-state index in [-0.39, 0.29) is 23.8 Å². The maximum atomic E-state index is 10.8. The Morgan fingerprint density at radius 3 is 2.58 bits per heavy atom. The molecule has 0 aliphatic rings. The predicted molar refractivity (Wildman–Crippen MR) is 78.0 cm³/mol. The summed E-state index contributed by atoms with van der Waals surface area (Å²) in [5.74, 6) is 0. The molecule has 1 rings (SSSR count). The number of aliphatic hydroxyl groups is 1. The number of hydrogen-bond acceptors (Lipinski definition) is 4. The Kier molecular flexibility index (Phi) is 5.46. The quantitative estimate of drug-likeness (QED) is 0.643. The van der Waals surface area contributed by atoms with E-state index in [2.05, 4.69) is 21.2 Å². The van der Waals surface area contributed by atoms with Crippen LogP contribution in [0.3, 0.4) is 0 Å². The minimum atomic E-state index is -0.416. The lowest BCUT2D eigenvalue weighted by atomic mass is 9.87. The Balaban J connectivity index is 2.78. The van der Waals surface area contributed by atoms with E-state index in [1.807, 2.05) is 26.8 Å². The molecule has 0 saturated heterocycles. The molecule has 0 aliphatic heterocycles. The Morgan fingerprint density at radius 2 is 2.11 bits per heavy atom. The molecule has 1 atom stereocenters. The SMILES string of the molecule is CC(C)(C)[C@H](CO)NCc1ccc(Br)c([N+](=O)[O-])c1. The van der Waals surface area contributed by atoms with E-state index in [9.17, 15) is 15.2 Å². The number of hydrogen-bond donors (Lipinski definition) is 2. The molecule has 0 radical (unpaired) electrons. The molecule has 0 aromatic heterocycles. The predicted octanol–water partition coefficient (Wildman–Crippen LogP) is 2.85. The highest BCUT2D eigenvalue weighted by Gasteiger charge is 2.23. The zero-order valence-electron chi connectivity index (χ0n) is 11.3. The number of benzene rings is 1. The number of nitrogens with one attached hydrogen (secondary N) is 1. The maximum absolute atomic E-state index is 10.8. The number of nitro groups is 1. The number of rotatable bonds is 5. The van der Waals surface area contributed by atoms with Crippen molar-refractivity contribution in [1.29, 1.82) is 0 Å². The number of halogens is 1. The molecule has 1 aromatic carbocycles. The molecular formula is C13H19BrN2O3. The summed E-state index contributed by atoms with van der Waals surface area (Å²) in [7, 11) is 0. The van der Waals surface area contributed by atoms with Gasteiger partial charge in [0.1, 0.15) is 0 Å². The molecule has 106 valence electrons. The lowest BCUT2D eigenvalue weighted by Gasteiger charge is -2.30. The van der Waals surface area contributed by atoms with Gasteiger partial charge in [-0.1, -0.05) is 26.8 Å². The second-order valence-corrected chi connectivity index (χ2v) is 6.38. The minimum Gasteiger partial charge on any atom is -0.395 e. The first kappa shape index (κ1) is 16.1. The Hall–Kier alpha value is -0.980. The van der Waals surface area contributed by atoms with Gasteiger partial charge in [0.05, 0.1) is 16.0 Å². The van der Waals surface area contributed by atoms with Crippen molar-refractivity contribution >= 4 is 21.6 Å². The van der Waals surface area contributed by atoms with Gasteiger partial charge < -0.3 is 10.4 Å². The van der Waals surface area contributed by atoms with E-state index < -0.39 is 4.92 Å². The van der Waals surface area contributed by atoms with Gasteiger partial charge in [0.25, 0.3) is 5.69 Å². The molecule has 0 spiro atoms. The van der Waals surface area contributed by atoms with E-state index in [0.29, 0.717) is 11.0 Å². The number of nitro benzene ring substituents is 1. The lowest BCUT2D eigenvalue weighted by Crippen LogP contribution is -2.42. The molecular weight excluding hydrogens is 312 g/mol. The van der Waals surface area contributed by atoms with Crippen molar-refractivity contribution < 1.29 is 10.0 Å². The summed E-state index contributed by atoms with van der Waals surface area (Å²) < 4.78 is 0.468. The van der Waals surface area contributed by atoms with Crippen LogP contribution in [0.1, 0.15) is 26.3 Å². The summed E-state index contributed by atoms with van der Waals surface area (Å²) in [5.41, 5.74) is 0.795. The van der Waals surface area contributed by atoms with Crippen LogP contribution in [0, 0.1) is 15.5 Å². The topological polar surface area (TPSA) is 75.4 Å². The molecule has 0 aliphatic carbocycles. The molecule has 0 amide bonds. The summed E-state index contributed by atoms with van der Waals surface area (Å²) >= 11 is 3.15. The maximum Gasteiger partial charge on any atom is 0.283 e. The minimum absolute atomic E-state index is 0.0299. The van der Waals surface area contributed by atoms with Crippen LogP contribution in [0.4, 0.5) is 5.69 Å². The normalized spacial score (nSPS) is 13.3. The van der Waals surface area contributed by atoms with Crippen LogP contribution >= 0.6 is 15.9 Å². The zero-order chi connectivity index (χ0) is 14.6. The van der Waals surface area contributed by atoms with Crippen LogP contribution in [0.25, 0.3) is 0 Å². The monoisotopic (exact) mass is 330 g/mol. The first-order valence-corrected chi connectivity index (χ1v) is 6.82. The van der Waals surface area contributed by atoms with Gasteiger partial charge in [-0.05, 0) is 33.0 Å². The van der Waals surface area contributed by atoms with Gasteiger partial charge in [0.15, 0.2) is 0 Å². The van der Waals surface area contributed by atoms with Crippen LogP contribution in [-0.4, -0.2) is 22.7 Å². The van der Waals surface area contributed by atoms with E-state index in [1.54, 1.807) is 6.07 Å². The summed E-state index contributed by atoms with van der Waals surface area (Å²) in [6.45, 7) is 6.61. The van der Waals surface area contributed by atoms with Crippen molar-refractivity contribution in [1.82, 2.24) is 5.32 Å². The van der Waals surface area contributed by atoms with Gasteiger partial charge in [-0.3, -0.25) is 10.1 Å². The first-order valence-electron chi connectivity index (χ1n) is 6.02. The molecule has 2 N–H and O–H groups in total. The van der Waals surface area contributed by atoms with Crippen molar-refractivity contribution in [3.8, 4) is 0 Å². The van der Waals surface area contributed by atoms with Crippen molar-refractivity contribution in [3.05, 3.63) is 38.3 Å². The fourth-order valence-corrected chi connectivity index (χ4v) is 2.09. The Morgan fingerprint density at radius 1 is 1.47 bits per heavy atom. The number of nitrogens with zero attached hydrogens (tertiary/aromatic N) is 1. The van der Waals surface area contributed by atoms with Crippen molar-refractivity contribution in [2.45, 2.75) is 33.4 Å². The van der Waals surface area contributed by atoms with Crippen LogP contribution in [0.15, 0.2) is 22.7 Å². The Bertz CT molecular complexity index is 458. The highest BCUT2D eigenvalue weighted by Crippen LogP contribution is 2.26. The van der Waals surface area contributed by atoms with E-state index in [0.717, 1.165) is 5.56 Å². The van der Waals surface area contributed by atoms with Gasteiger partial charge in [0.2, 0.25) is 0 Å². The summed E-state index contributed by atoms with van der Waals surface area (Å²) in [4.78, 5) is 10.4. The van der Waals surface area contributed by atoms with Crippen molar-refractivity contribution in [3.63, 3.8) is 0 Å². The van der Waals surface area contributed by atoms with E-state index in [1.165, 1.54) is 6.07 Å². The van der Waals surface area contributed by atoms with Gasteiger partial charge in [-0.15, -0.1) is 0 Å². The molecule has 0 bridgehead atoms. The molecule has 1 aromatic rings. The molecule has 0 unspecified atom stereocenters. The highest BCUT2D eigenvalue weighted by atomic mass is 79.9. The average molecular weight is 331 g/mol.